The number of amides is 2. The zero-order valence-electron chi connectivity index (χ0n) is 17.6. The molecule has 2 rings (SSSR count). The molecule has 0 aliphatic heterocycles. The van der Waals surface area contributed by atoms with Crippen LogP contribution in [0.4, 0.5) is 0 Å². The van der Waals surface area contributed by atoms with E-state index in [0.717, 1.165) is 11.1 Å². The lowest BCUT2D eigenvalue weighted by Crippen LogP contribution is -2.53. The molecule has 0 saturated carbocycles. The van der Waals surface area contributed by atoms with Gasteiger partial charge in [0.25, 0.3) is 0 Å². The minimum absolute atomic E-state index is 0.140. The Morgan fingerprint density at radius 2 is 1.70 bits per heavy atom. The summed E-state index contributed by atoms with van der Waals surface area (Å²) in [6, 6.07) is 11.8. The van der Waals surface area contributed by atoms with Gasteiger partial charge < -0.3 is 10.2 Å². The molecule has 2 amide bonds. The van der Waals surface area contributed by atoms with Gasteiger partial charge in [0, 0.05) is 17.1 Å². The molecule has 0 aromatic heterocycles. The van der Waals surface area contributed by atoms with Crippen LogP contribution in [0.2, 0.25) is 15.1 Å². The Morgan fingerprint density at radius 3 is 2.27 bits per heavy atom. The van der Waals surface area contributed by atoms with Crippen molar-refractivity contribution in [2.24, 2.45) is 0 Å². The van der Waals surface area contributed by atoms with Gasteiger partial charge in [0.15, 0.2) is 0 Å². The molecule has 0 spiro atoms. The van der Waals surface area contributed by atoms with Gasteiger partial charge in [0.1, 0.15) is 6.04 Å². The molecular formula is C23H27Cl3N2O2. The molecule has 0 aliphatic rings. The first-order valence-electron chi connectivity index (χ1n) is 9.80. The summed E-state index contributed by atoms with van der Waals surface area (Å²) in [7, 11) is 0. The van der Waals surface area contributed by atoms with Crippen LogP contribution in [0.5, 0.6) is 0 Å². The predicted octanol–water partition coefficient (Wildman–Crippen LogP) is 5.91. The second-order valence-electron chi connectivity index (χ2n) is 8.24. The summed E-state index contributed by atoms with van der Waals surface area (Å²) in [5.74, 6) is -0.358. The van der Waals surface area contributed by atoms with Crippen LogP contribution in [0.3, 0.4) is 0 Å². The first kappa shape index (κ1) is 24.5. The Bertz CT molecular complexity index is 910. The zero-order valence-corrected chi connectivity index (χ0v) is 19.9. The van der Waals surface area contributed by atoms with Gasteiger partial charge in [-0.3, -0.25) is 9.59 Å². The molecule has 0 aliphatic carbocycles. The molecule has 162 valence electrons. The molecule has 1 atom stereocenters. The Labute approximate surface area is 193 Å². The van der Waals surface area contributed by atoms with E-state index in [4.69, 9.17) is 34.8 Å². The van der Waals surface area contributed by atoms with Crippen molar-refractivity contribution in [1.29, 1.82) is 0 Å². The van der Waals surface area contributed by atoms with Crippen LogP contribution < -0.4 is 5.32 Å². The minimum Gasteiger partial charge on any atom is -0.350 e. The highest BCUT2D eigenvalue weighted by molar-refractivity contribution is 6.42. The molecule has 7 heteroatoms. The van der Waals surface area contributed by atoms with E-state index in [1.807, 2.05) is 39.8 Å². The van der Waals surface area contributed by atoms with Crippen LogP contribution in [0.1, 0.15) is 45.2 Å². The first-order chi connectivity index (χ1) is 14.0. The first-order valence-corrected chi connectivity index (χ1v) is 10.9. The normalized spacial score (nSPS) is 12.4. The van der Waals surface area contributed by atoms with E-state index < -0.39 is 11.6 Å². The number of nitrogens with one attached hydrogen (secondary N) is 1. The smallest absolute Gasteiger partial charge is 0.243 e. The van der Waals surface area contributed by atoms with Crippen LogP contribution in [0.25, 0.3) is 0 Å². The van der Waals surface area contributed by atoms with E-state index >= 15 is 0 Å². The van der Waals surface area contributed by atoms with Gasteiger partial charge in [-0.05, 0) is 62.6 Å². The van der Waals surface area contributed by atoms with Gasteiger partial charge in [-0.15, -0.1) is 0 Å². The summed E-state index contributed by atoms with van der Waals surface area (Å²) < 4.78 is 0. The number of halogens is 3. The Morgan fingerprint density at radius 1 is 1.00 bits per heavy atom. The molecule has 30 heavy (non-hydrogen) atoms. The van der Waals surface area contributed by atoms with Crippen LogP contribution in [0.15, 0.2) is 42.5 Å². The minimum atomic E-state index is -0.620. The van der Waals surface area contributed by atoms with Crippen molar-refractivity contribution in [3.05, 3.63) is 68.7 Å². The van der Waals surface area contributed by atoms with Gasteiger partial charge in [0.2, 0.25) is 11.8 Å². The van der Waals surface area contributed by atoms with E-state index in [1.165, 1.54) is 0 Å². The van der Waals surface area contributed by atoms with E-state index in [1.54, 1.807) is 35.2 Å². The maximum Gasteiger partial charge on any atom is 0.243 e. The number of carbonyl (C=O) groups is 2. The lowest BCUT2D eigenvalue weighted by molar-refractivity contribution is -0.141. The third-order valence-electron chi connectivity index (χ3n) is 4.47. The highest BCUT2D eigenvalue weighted by atomic mass is 35.5. The standard InChI is InChI=1S/C23H27Cl3N2O2/c1-5-20(22(30)27-23(2,3)4)28(14-16-9-10-18(25)19(26)12-16)21(29)13-15-7-6-8-17(24)11-15/h6-12,20H,5,13-14H2,1-4H3,(H,27,30)/t20-/m0/s1. The largest absolute Gasteiger partial charge is 0.350 e. The van der Waals surface area contributed by atoms with Gasteiger partial charge in [-0.2, -0.15) is 0 Å². The van der Waals surface area contributed by atoms with Crippen molar-refractivity contribution in [2.45, 2.75) is 58.7 Å². The third kappa shape index (κ3) is 7.19. The van der Waals surface area contributed by atoms with Crippen molar-refractivity contribution in [3.63, 3.8) is 0 Å². The van der Waals surface area contributed by atoms with Gasteiger partial charge >= 0.3 is 0 Å². The lowest BCUT2D eigenvalue weighted by atomic mass is 10.0. The summed E-state index contributed by atoms with van der Waals surface area (Å²) in [6.07, 6.45) is 0.617. The summed E-state index contributed by atoms with van der Waals surface area (Å²) in [5.41, 5.74) is 1.18. The van der Waals surface area contributed by atoms with E-state index in [2.05, 4.69) is 5.32 Å². The molecule has 0 unspecified atom stereocenters. The predicted molar refractivity (Wildman–Crippen MR) is 124 cm³/mol. The fourth-order valence-corrected chi connectivity index (χ4v) is 3.66. The SMILES string of the molecule is CC[C@@H](C(=O)NC(C)(C)C)N(Cc1ccc(Cl)c(Cl)c1)C(=O)Cc1cccc(Cl)c1. The van der Waals surface area contributed by atoms with E-state index in [-0.39, 0.29) is 24.8 Å². The van der Waals surface area contributed by atoms with Crippen molar-refractivity contribution in [2.75, 3.05) is 0 Å². The van der Waals surface area contributed by atoms with Crippen molar-refractivity contribution >= 4 is 46.6 Å². The van der Waals surface area contributed by atoms with Gasteiger partial charge in [-0.25, -0.2) is 0 Å². The molecule has 0 fully saturated rings. The van der Waals surface area contributed by atoms with Crippen LogP contribution in [0, 0.1) is 0 Å². The molecule has 2 aromatic rings. The van der Waals surface area contributed by atoms with Crippen LogP contribution in [-0.4, -0.2) is 28.3 Å². The fraction of sp³-hybridized carbons (Fsp3) is 0.391. The van der Waals surface area contributed by atoms with E-state index in [0.29, 0.717) is 21.5 Å². The number of hydrogen-bond acceptors (Lipinski definition) is 2. The van der Waals surface area contributed by atoms with Gasteiger partial charge in [0.05, 0.1) is 16.5 Å². The fourth-order valence-electron chi connectivity index (χ4n) is 3.13. The quantitative estimate of drug-likeness (QED) is 0.548. The summed E-state index contributed by atoms with van der Waals surface area (Å²) in [6.45, 7) is 7.87. The van der Waals surface area contributed by atoms with Gasteiger partial charge in [-0.1, -0.05) is 59.9 Å². The van der Waals surface area contributed by atoms with Crippen molar-refractivity contribution in [1.82, 2.24) is 10.2 Å². The van der Waals surface area contributed by atoms with E-state index in [9.17, 15) is 9.59 Å². The highest BCUT2D eigenvalue weighted by Crippen LogP contribution is 2.24. The monoisotopic (exact) mass is 468 g/mol. The van der Waals surface area contributed by atoms with Crippen molar-refractivity contribution in [3.8, 4) is 0 Å². The second-order valence-corrected chi connectivity index (χ2v) is 9.49. The number of nitrogens with zero attached hydrogens (tertiary/aromatic N) is 1. The number of benzene rings is 2. The average molecular weight is 470 g/mol. The summed E-state index contributed by atoms with van der Waals surface area (Å²) in [4.78, 5) is 27.9. The maximum atomic E-state index is 13.3. The second kappa shape index (κ2) is 10.5. The lowest BCUT2D eigenvalue weighted by Gasteiger charge is -2.33. The average Bonchev–Trinajstić information content (AvgIpc) is 2.63. The van der Waals surface area contributed by atoms with Crippen molar-refractivity contribution < 1.29 is 9.59 Å². The molecule has 1 N–H and O–H groups in total. The Hall–Kier alpha value is -1.75. The number of rotatable bonds is 7. The zero-order chi connectivity index (χ0) is 22.5. The molecule has 0 heterocycles. The molecule has 0 saturated heterocycles. The topological polar surface area (TPSA) is 49.4 Å². The molecule has 2 aromatic carbocycles. The Balaban J connectivity index is 2.35. The summed E-state index contributed by atoms with van der Waals surface area (Å²) >= 11 is 18.3. The summed E-state index contributed by atoms with van der Waals surface area (Å²) in [5, 5.41) is 4.39. The molecule has 4 nitrogen and oxygen atoms in total. The number of hydrogen-bond donors (Lipinski definition) is 1. The Kier molecular flexibility index (Phi) is 8.60. The van der Waals surface area contributed by atoms with Crippen LogP contribution >= 0.6 is 34.8 Å². The maximum absolute atomic E-state index is 13.3. The highest BCUT2D eigenvalue weighted by Gasteiger charge is 2.30. The third-order valence-corrected chi connectivity index (χ3v) is 5.44. The van der Waals surface area contributed by atoms with Crippen LogP contribution in [-0.2, 0) is 22.6 Å². The molecule has 0 bridgehead atoms. The molecule has 0 radical (unpaired) electrons. The number of carbonyl (C=O) groups excluding carboxylic acids is 2. The molecular weight excluding hydrogens is 443 g/mol.